The Balaban J connectivity index is 0. The van der Waals surface area contributed by atoms with E-state index in [9.17, 15) is 36.7 Å². The van der Waals surface area contributed by atoms with E-state index >= 15 is 0 Å². The Labute approximate surface area is 380 Å². The molecule has 0 unspecified atom stereocenters. The molecule has 59 heavy (non-hydrogen) atoms. The summed E-state index contributed by atoms with van der Waals surface area (Å²) in [6.45, 7) is 7.46. The summed E-state index contributed by atoms with van der Waals surface area (Å²) in [5.74, 6) is -4.07. The topological polar surface area (TPSA) is 202 Å². The number of rotatable bonds is 9. The number of aliphatic hydroxyl groups excluding tert-OH is 2. The van der Waals surface area contributed by atoms with E-state index in [1.807, 2.05) is 0 Å². The molecule has 23 heteroatoms. The first-order valence-electron chi connectivity index (χ1n) is 17.2. The number of nitrogens with one attached hydrogen (secondary N) is 1. The number of aromatic amines is 1. The van der Waals surface area contributed by atoms with Gasteiger partial charge in [0.15, 0.2) is 33.7 Å². The number of nitrogens with two attached hydrogens (primary N) is 1. The van der Waals surface area contributed by atoms with Gasteiger partial charge in [0.2, 0.25) is 0 Å². The molecule has 0 radical (unpaired) electrons. The minimum Gasteiger partial charge on any atom is -0.489 e. The average Bonchev–Trinajstić information content (AvgIpc) is 3.52. The van der Waals surface area contributed by atoms with Crippen molar-refractivity contribution in [2.24, 2.45) is 5.73 Å². The number of H-pyrrole nitrogens is 1. The Kier molecular flexibility index (Phi) is 33.1. The van der Waals surface area contributed by atoms with E-state index in [1.54, 1.807) is 31.5 Å². The van der Waals surface area contributed by atoms with Gasteiger partial charge in [-0.25, -0.2) is 17.6 Å². The van der Waals surface area contributed by atoms with E-state index in [0.29, 0.717) is 60.9 Å². The van der Waals surface area contributed by atoms with Crippen molar-refractivity contribution >= 4 is 85.5 Å². The average molecular weight is 1220 g/mol. The monoisotopic (exact) mass is 1220 g/mol. The van der Waals surface area contributed by atoms with Gasteiger partial charge in [-0.3, -0.25) is 19.2 Å². The number of esters is 3. The van der Waals surface area contributed by atoms with Crippen molar-refractivity contribution in [3.63, 3.8) is 0 Å². The predicted molar refractivity (Wildman–Crippen MR) is 227 cm³/mol. The van der Waals surface area contributed by atoms with Crippen LogP contribution in [0, 0.1) is 28.0 Å². The molecule has 1 aromatic heterocycles. The summed E-state index contributed by atoms with van der Waals surface area (Å²) in [7, 11) is 1.00. The van der Waals surface area contributed by atoms with Gasteiger partial charge in [-0.1, -0.05) is 0 Å². The van der Waals surface area contributed by atoms with Crippen LogP contribution in [0.15, 0.2) is 30.5 Å². The maximum Gasteiger partial charge on any atom is 0.168 e. The number of benzene rings is 2. The molecule has 0 saturated heterocycles. The third-order valence-corrected chi connectivity index (χ3v) is 7.34. The first-order valence-corrected chi connectivity index (χ1v) is 30.2. The quantitative estimate of drug-likeness (QED) is 0.0609. The number of carbonyl (C=O) groups is 4. The van der Waals surface area contributed by atoms with E-state index < -0.39 is 41.6 Å². The normalized spacial score (nSPS) is 14.0. The standard InChI is InChI=1S/C16H16F2N2O3S.C9H9F2NO.C6H10O4.C4H8O2.CH4O.ClH.I3/c1-2-22-14(21)6-11-7-19-16(24)20(11)12-4-9-3-10(17)5-13(18)15(9)23-8-12;10-6-1-5-2-7(12)4-13-9(5)8(11)3-6;1-2-10-6(9)3-5(8)4-7;1-3-6-4(2)5;1-2;;1-3-2/h3,5,7,12H,2,4,6,8H2,1H3,(H,19,24);1,3,7H,2,4,12H2;7H,2-4H2,1H3;3H2,1-2H3;2H,1H3;1H;/q;;;;;;-1/t12-;7-;;;;;/m11...../s1. The number of hydrogen-bond acceptors (Lipinski definition) is 13. The van der Waals surface area contributed by atoms with Crippen molar-refractivity contribution in [3.8, 4) is 11.5 Å². The molecule has 14 nitrogen and oxygen atoms in total. The molecular weight excluding hydrogens is 1170 g/mol. The Morgan fingerprint density at radius 3 is 1.81 bits per heavy atom. The van der Waals surface area contributed by atoms with Gasteiger partial charge in [-0.15, -0.1) is 12.4 Å². The van der Waals surface area contributed by atoms with Gasteiger partial charge in [-0.2, -0.15) is 0 Å². The van der Waals surface area contributed by atoms with Crippen LogP contribution in [0.2, 0.25) is 0 Å². The second-order valence-electron chi connectivity index (χ2n) is 11.3. The van der Waals surface area contributed by atoms with Crippen molar-refractivity contribution < 1.29 is 83.9 Å². The summed E-state index contributed by atoms with van der Waals surface area (Å²) in [4.78, 5) is 45.3. The maximum absolute atomic E-state index is 13.8. The molecular formula is C36H48ClF4I3N3O11S-. The van der Waals surface area contributed by atoms with Crippen LogP contribution in [0.5, 0.6) is 11.5 Å². The van der Waals surface area contributed by atoms with Gasteiger partial charge in [0.1, 0.15) is 37.9 Å². The van der Waals surface area contributed by atoms with Gasteiger partial charge >= 0.3 is 68.4 Å². The fraction of sp³-hybridized carbons (Fsp3) is 0.472. The number of halogens is 8. The van der Waals surface area contributed by atoms with E-state index in [2.05, 4.69) is 51.7 Å². The first kappa shape index (κ1) is 58.7. The number of aliphatic hydroxyl groups is 2. The number of carbonyl (C=O) groups excluding carboxylic acids is 4. The smallest absolute Gasteiger partial charge is 0.168 e. The third-order valence-electron chi connectivity index (χ3n) is 7.03. The summed E-state index contributed by atoms with van der Waals surface area (Å²) in [5, 5.41) is 15.2. The third kappa shape index (κ3) is 22.9. The SMILES string of the molecule is CCOC(=O)CC(=O)CO.CCOC(=O)Cc1c[nH]c(=S)n1[C@H]1COc2c(F)cc(F)cc2C1.CCOC(C)=O.CO.Cl.I[I-]I.N[C@H]1COc2c(F)cc(F)cc2C1. The number of hydrogen-bond donors (Lipinski definition) is 4. The van der Waals surface area contributed by atoms with E-state index in [4.69, 9.17) is 42.4 Å². The molecule has 2 atom stereocenters. The predicted octanol–water partition coefficient (Wildman–Crippen LogP) is 3.21. The second kappa shape index (κ2) is 33.3. The van der Waals surface area contributed by atoms with Crippen molar-refractivity contribution in [2.45, 2.75) is 65.5 Å². The zero-order chi connectivity index (χ0) is 44.4. The van der Waals surface area contributed by atoms with Crippen molar-refractivity contribution in [1.82, 2.24) is 9.55 Å². The summed E-state index contributed by atoms with van der Waals surface area (Å²) in [6, 6.07) is 3.70. The Morgan fingerprint density at radius 2 is 1.36 bits per heavy atom. The van der Waals surface area contributed by atoms with Crippen molar-refractivity contribution in [2.75, 3.05) is 46.8 Å². The van der Waals surface area contributed by atoms with Gasteiger partial charge in [-0.05, 0) is 51.5 Å². The molecule has 2 aliphatic heterocycles. The fourth-order valence-corrected chi connectivity index (χ4v) is 5.31. The maximum atomic E-state index is 13.8. The fourth-order valence-electron chi connectivity index (χ4n) is 4.99. The number of Topliss-reactive ketones (excluding diaryl/α,β-unsaturated/α-hetero) is 1. The van der Waals surface area contributed by atoms with E-state index in [-0.39, 0.29) is 80.6 Å². The molecule has 0 aliphatic carbocycles. The van der Waals surface area contributed by atoms with Crippen LogP contribution in [-0.4, -0.2) is 96.2 Å². The summed E-state index contributed by atoms with van der Waals surface area (Å²) < 4.78 is 79.5. The molecule has 336 valence electrons. The molecule has 0 fully saturated rings. The number of nitrogens with zero attached hydrogens (tertiary/aromatic N) is 1. The van der Waals surface area contributed by atoms with E-state index in [0.717, 1.165) is 19.2 Å². The number of imidazole rings is 1. The Bertz CT molecular complexity index is 1810. The van der Waals surface area contributed by atoms with Crippen LogP contribution in [0.3, 0.4) is 0 Å². The van der Waals surface area contributed by atoms with Crippen molar-refractivity contribution in [1.29, 1.82) is 0 Å². The molecule has 0 spiro atoms. The van der Waals surface area contributed by atoms with Crippen LogP contribution in [0.1, 0.15) is 57.0 Å². The van der Waals surface area contributed by atoms with Crippen LogP contribution in [-0.2, 0) is 52.7 Å². The van der Waals surface area contributed by atoms with Gasteiger partial charge in [0, 0.05) is 61.6 Å². The summed E-state index contributed by atoms with van der Waals surface area (Å²) in [5.41, 5.74) is 7.17. The van der Waals surface area contributed by atoms with Crippen molar-refractivity contribution in [3.05, 3.63) is 75.3 Å². The van der Waals surface area contributed by atoms with Crippen LogP contribution < -0.4 is 28.5 Å². The number of aromatic nitrogens is 2. The molecule has 5 N–H and O–H groups in total. The number of ketones is 1. The zero-order valence-corrected chi connectivity index (χ0v) is 40.8. The number of fused-ring (bicyclic) bond motifs is 2. The van der Waals surface area contributed by atoms with Crippen LogP contribution >= 0.6 is 61.9 Å². The molecule has 0 amide bonds. The molecule has 0 saturated carbocycles. The Morgan fingerprint density at radius 1 is 0.881 bits per heavy atom. The minimum absolute atomic E-state index is 0. The minimum atomic E-state index is -0.715. The van der Waals surface area contributed by atoms with E-state index in [1.165, 1.54) is 19.1 Å². The zero-order valence-electron chi connectivity index (χ0n) is 32.7. The molecule has 2 aliphatic rings. The second-order valence-corrected chi connectivity index (χ2v) is 27.9. The molecule has 2 aromatic carbocycles. The van der Waals surface area contributed by atoms with Gasteiger partial charge < -0.3 is 49.2 Å². The molecule has 5 rings (SSSR count). The Hall–Kier alpha value is -2.37. The number of ether oxygens (including phenoxy) is 5. The van der Waals surface area contributed by atoms with Crippen LogP contribution in [0.4, 0.5) is 17.6 Å². The largest absolute Gasteiger partial charge is 0.489 e. The first-order chi connectivity index (χ1) is 27.5. The molecule has 3 aromatic rings. The summed E-state index contributed by atoms with van der Waals surface area (Å²) >= 11 is 10.6. The summed E-state index contributed by atoms with van der Waals surface area (Å²) in [6.07, 6.45) is 2.18. The van der Waals surface area contributed by atoms with Crippen LogP contribution in [0.25, 0.3) is 0 Å². The molecule has 3 heterocycles. The molecule has 0 bridgehead atoms. The van der Waals surface area contributed by atoms with Gasteiger partial charge in [0.05, 0.1) is 32.3 Å². The van der Waals surface area contributed by atoms with Gasteiger partial charge in [0.25, 0.3) is 0 Å².